The molecule has 1 aromatic heterocycles. The van der Waals surface area contributed by atoms with Gasteiger partial charge in [0.15, 0.2) is 5.15 Å². The van der Waals surface area contributed by atoms with Gasteiger partial charge in [-0.3, -0.25) is 0 Å². The second kappa shape index (κ2) is 4.40. The van der Waals surface area contributed by atoms with Crippen molar-refractivity contribution >= 4 is 23.2 Å². The van der Waals surface area contributed by atoms with Gasteiger partial charge in [-0.1, -0.05) is 35.3 Å². The quantitative estimate of drug-likeness (QED) is 0.765. The molecule has 0 amide bonds. The lowest BCUT2D eigenvalue weighted by molar-refractivity contribution is 1.00. The number of benzene rings is 1. The maximum atomic E-state index is 5.90. The normalized spacial score (nSPS) is 10.5. The first-order valence-electron chi connectivity index (χ1n) is 4.85. The lowest BCUT2D eigenvalue weighted by Gasteiger charge is -2.07. The zero-order chi connectivity index (χ0) is 11.7. The Hall–Kier alpha value is -1.12. The Labute approximate surface area is 104 Å². The highest BCUT2D eigenvalue weighted by atomic mass is 35.5. The summed E-state index contributed by atoms with van der Waals surface area (Å²) in [5.41, 5.74) is 3.84. The van der Waals surface area contributed by atoms with Crippen molar-refractivity contribution in [1.29, 1.82) is 0 Å². The molecule has 0 aliphatic rings. The first-order chi connectivity index (χ1) is 7.59. The van der Waals surface area contributed by atoms with E-state index in [0.717, 1.165) is 22.4 Å². The number of rotatable bonds is 1. The van der Waals surface area contributed by atoms with Gasteiger partial charge in [-0.2, -0.15) is 0 Å². The van der Waals surface area contributed by atoms with Crippen molar-refractivity contribution in [3.63, 3.8) is 0 Å². The van der Waals surface area contributed by atoms with Gasteiger partial charge in [0.05, 0.1) is 5.69 Å². The molecule has 0 aliphatic carbocycles. The average Bonchev–Trinajstić information content (AvgIpc) is 2.28. The van der Waals surface area contributed by atoms with Gasteiger partial charge in [-0.05, 0) is 37.1 Å². The Kier molecular flexibility index (Phi) is 3.13. The van der Waals surface area contributed by atoms with Gasteiger partial charge < -0.3 is 0 Å². The fraction of sp³-hybridized carbons (Fsp3) is 0.167. The van der Waals surface area contributed by atoms with Crippen LogP contribution in [0.4, 0.5) is 0 Å². The molecule has 0 radical (unpaired) electrons. The molecule has 0 aliphatic heterocycles. The van der Waals surface area contributed by atoms with Crippen molar-refractivity contribution in [2.75, 3.05) is 0 Å². The van der Waals surface area contributed by atoms with Crippen LogP contribution in [-0.4, -0.2) is 10.2 Å². The van der Waals surface area contributed by atoms with Crippen molar-refractivity contribution in [3.8, 4) is 11.3 Å². The third-order valence-corrected chi connectivity index (χ3v) is 3.19. The third-order valence-electron chi connectivity index (χ3n) is 2.58. The van der Waals surface area contributed by atoms with E-state index in [9.17, 15) is 0 Å². The monoisotopic (exact) mass is 252 g/mol. The van der Waals surface area contributed by atoms with Crippen molar-refractivity contribution in [2.45, 2.75) is 13.8 Å². The molecule has 2 aromatic rings. The lowest BCUT2D eigenvalue weighted by atomic mass is 10.0. The van der Waals surface area contributed by atoms with E-state index >= 15 is 0 Å². The van der Waals surface area contributed by atoms with Crippen LogP contribution in [0.2, 0.25) is 10.2 Å². The van der Waals surface area contributed by atoms with E-state index in [1.807, 2.05) is 38.1 Å². The molecule has 0 atom stereocenters. The average molecular weight is 253 g/mol. The fourth-order valence-electron chi connectivity index (χ4n) is 1.46. The van der Waals surface area contributed by atoms with Gasteiger partial charge in [0.1, 0.15) is 0 Å². The predicted molar refractivity (Wildman–Crippen MR) is 67.0 cm³/mol. The minimum absolute atomic E-state index is 0.454. The summed E-state index contributed by atoms with van der Waals surface area (Å²) in [6, 6.07) is 7.52. The second-order valence-electron chi connectivity index (χ2n) is 3.60. The molecule has 0 saturated carbocycles. The van der Waals surface area contributed by atoms with Gasteiger partial charge in [0.25, 0.3) is 0 Å². The number of aromatic nitrogens is 2. The van der Waals surface area contributed by atoms with Crippen molar-refractivity contribution < 1.29 is 0 Å². The first-order valence-corrected chi connectivity index (χ1v) is 5.60. The van der Waals surface area contributed by atoms with Crippen LogP contribution in [0.15, 0.2) is 24.3 Å². The Bertz CT molecular complexity index is 521. The number of halogens is 2. The van der Waals surface area contributed by atoms with Crippen LogP contribution in [0.1, 0.15) is 11.1 Å². The number of hydrogen-bond acceptors (Lipinski definition) is 2. The minimum Gasteiger partial charge on any atom is -0.149 e. The van der Waals surface area contributed by atoms with Crippen molar-refractivity contribution in [2.24, 2.45) is 0 Å². The fourth-order valence-corrected chi connectivity index (χ4v) is 1.76. The third kappa shape index (κ3) is 2.04. The van der Waals surface area contributed by atoms with Crippen LogP contribution in [0.5, 0.6) is 0 Å². The summed E-state index contributed by atoms with van der Waals surface area (Å²) in [5.74, 6) is 0. The standard InChI is InChI=1S/C12H10Cl2N2/c1-7-8(2)12(14)16-15-11(7)9-3-5-10(13)6-4-9/h3-6H,1-2H3. The summed E-state index contributed by atoms with van der Waals surface area (Å²) in [6.45, 7) is 3.92. The first kappa shape index (κ1) is 11.4. The number of nitrogens with zero attached hydrogens (tertiary/aromatic N) is 2. The second-order valence-corrected chi connectivity index (χ2v) is 4.39. The molecule has 0 bridgehead atoms. The maximum absolute atomic E-state index is 5.90. The molecule has 0 fully saturated rings. The van der Waals surface area contributed by atoms with Crippen LogP contribution in [0.25, 0.3) is 11.3 Å². The Morgan fingerprint density at radius 3 is 2.12 bits per heavy atom. The van der Waals surface area contributed by atoms with Crippen molar-refractivity contribution in [3.05, 3.63) is 45.6 Å². The molecule has 2 nitrogen and oxygen atoms in total. The van der Waals surface area contributed by atoms with E-state index < -0.39 is 0 Å². The van der Waals surface area contributed by atoms with Crippen LogP contribution in [0, 0.1) is 13.8 Å². The van der Waals surface area contributed by atoms with Gasteiger partial charge in [0.2, 0.25) is 0 Å². The molecule has 4 heteroatoms. The summed E-state index contributed by atoms with van der Waals surface area (Å²) in [7, 11) is 0. The zero-order valence-electron chi connectivity index (χ0n) is 8.96. The summed E-state index contributed by atoms with van der Waals surface area (Å²) >= 11 is 11.7. The smallest absolute Gasteiger partial charge is 0.149 e. The molecule has 16 heavy (non-hydrogen) atoms. The Morgan fingerprint density at radius 2 is 1.50 bits per heavy atom. The Morgan fingerprint density at radius 1 is 0.875 bits per heavy atom. The highest BCUT2D eigenvalue weighted by Crippen LogP contribution is 2.26. The SMILES string of the molecule is Cc1c(Cl)nnc(-c2ccc(Cl)cc2)c1C. The minimum atomic E-state index is 0.454. The molecule has 0 spiro atoms. The van der Waals surface area contributed by atoms with Crippen LogP contribution < -0.4 is 0 Å². The molecule has 0 unspecified atom stereocenters. The van der Waals surface area contributed by atoms with E-state index in [0.29, 0.717) is 10.2 Å². The van der Waals surface area contributed by atoms with Gasteiger partial charge in [0, 0.05) is 10.6 Å². The summed E-state index contributed by atoms with van der Waals surface area (Å²) in [6.07, 6.45) is 0. The van der Waals surface area contributed by atoms with E-state index in [2.05, 4.69) is 10.2 Å². The molecule has 2 rings (SSSR count). The largest absolute Gasteiger partial charge is 0.154 e. The summed E-state index contributed by atoms with van der Waals surface area (Å²) in [4.78, 5) is 0. The van der Waals surface area contributed by atoms with Gasteiger partial charge in [-0.25, -0.2) is 0 Å². The van der Waals surface area contributed by atoms with Gasteiger partial charge in [-0.15, -0.1) is 10.2 Å². The van der Waals surface area contributed by atoms with Crippen molar-refractivity contribution in [1.82, 2.24) is 10.2 Å². The van der Waals surface area contributed by atoms with Crippen LogP contribution >= 0.6 is 23.2 Å². The molecule has 0 N–H and O–H groups in total. The van der Waals surface area contributed by atoms with E-state index in [1.54, 1.807) is 0 Å². The maximum Gasteiger partial charge on any atom is 0.154 e. The van der Waals surface area contributed by atoms with E-state index in [4.69, 9.17) is 23.2 Å². The topological polar surface area (TPSA) is 25.8 Å². The summed E-state index contributed by atoms with van der Waals surface area (Å²) in [5, 5.41) is 9.20. The summed E-state index contributed by atoms with van der Waals surface area (Å²) < 4.78 is 0. The van der Waals surface area contributed by atoms with E-state index in [-0.39, 0.29) is 0 Å². The van der Waals surface area contributed by atoms with Crippen LogP contribution in [-0.2, 0) is 0 Å². The Balaban J connectivity index is 2.57. The number of hydrogen-bond donors (Lipinski definition) is 0. The molecule has 1 heterocycles. The molecular formula is C12H10Cl2N2. The molecule has 82 valence electrons. The van der Waals surface area contributed by atoms with E-state index in [1.165, 1.54) is 0 Å². The van der Waals surface area contributed by atoms with Gasteiger partial charge >= 0.3 is 0 Å². The lowest BCUT2D eigenvalue weighted by Crippen LogP contribution is -1.96. The molecule has 1 aromatic carbocycles. The van der Waals surface area contributed by atoms with Crippen LogP contribution in [0.3, 0.4) is 0 Å². The highest BCUT2D eigenvalue weighted by Gasteiger charge is 2.09. The predicted octanol–water partition coefficient (Wildman–Crippen LogP) is 4.07. The zero-order valence-corrected chi connectivity index (χ0v) is 10.5. The molecule has 0 saturated heterocycles. The highest BCUT2D eigenvalue weighted by molar-refractivity contribution is 6.30. The molecular weight excluding hydrogens is 243 g/mol.